The third kappa shape index (κ3) is 2.81. The molecule has 16 heavy (non-hydrogen) atoms. The molecular weight excluding hydrogens is 206 g/mol. The molecule has 0 saturated carbocycles. The summed E-state index contributed by atoms with van der Waals surface area (Å²) in [5.41, 5.74) is 0.357. The van der Waals surface area contributed by atoms with Gasteiger partial charge in [0.1, 0.15) is 6.10 Å². The van der Waals surface area contributed by atoms with Gasteiger partial charge in [0.05, 0.1) is 30.3 Å². The number of hydrogen-bond donors (Lipinski definition) is 2. The van der Waals surface area contributed by atoms with Crippen molar-refractivity contribution in [3.8, 4) is 6.07 Å². The van der Waals surface area contributed by atoms with Gasteiger partial charge in [-0.15, -0.1) is 0 Å². The fourth-order valence-electron chi connectivity index (χ4n) is 1.28. The molecule has 2 atom stereocenters. The molecule has 0 saturated heterocycles. The lowest BCUT2D eigenvalue weighted by molar-refractivity contribution is 0.0215. The van der Waals surface area contributed by atoms with E-state index in [-0.39, 0.29) is 12.0 Å². The van der Waals surface area contributed by atoms with Gasteiger partial charge in [-0.3, -0.25) is 4.68 Å². The first-order chi connectivity index (χ1) is 7.36. The molecule has 0 aliphatic rings. The largest absolute Gasteiger partial charge is 0.389 e. The second-order valence-electron chi connectivity index (χ2n) is 4.76. The molecule has 0 aliphatic heterocycles. The summed E-state index contributed by atoms with van der Waals surface area (Å²) in [6.07, 6.45) is 0.974. The number of aliphatic hydroxyl groups is 2. The van der Waals surface area contributed by atoms with Crippen molar-refractivity contribution in [3.63, 3.8) is 0 Å². The van der Waals surface area contributed by atoms with Gasteiger partial charge in [-0.1, -0.05) is 0 Å². The Balaban J connectivity index is 2.83. The highest BCUT2D eigenvalue weighted by Gasteiger charge is 2.22. The highest BCUT2D eigenvalue weighted by molar-refractivity contribution is 5.11. The average molecular weight is 223 g/mol. The van der Waals surface area contributed by atoms with Gasteiger partial charge in [0.25, 0.3) is 0 Å². The SMILES string of the molecule is CC(C)(C)n1cc(C(O)C(O)CC#N)cn1. The van der Waals surface area contributed by atoms with E-state index in [0.717, 1.165) is 0 Å². The summed E-state index contributed by atoms with van der Waals surface area (Å²) in [6, 6.07) is 1.82. The summed E-state index contributed by atoms with van der Waals surface area (Å²) in [5.74, 6) is 0. The molecule has 0 bridgehead atoms. The van der Waals surface area contributed by atoms with E-state index in [1.165, 1.54) is 6.20 Å². The van der Waals surface area contributed by atoms with Crippen LogP contribution in [0.4, 0.5) is 0 Å². The molecule has 0 fully saturated rings. The summed E-state index contributed by atoms with van der Waals surface area (Å²) in [7, 11) is 0. The zero-order valence-corrected chi connectivity index (χ0v) is 9.75. The van der Waals surface area contributed by atoms with Crippen molar-refractivity contribution in [2.45, 2.75) is 44.9 Å². The van der Waals surface area contributed by atoms with E-state index in [1.807, 2.05) is 26.8 Å². The molecule has 0 aliphatic carbocycles. The lowest BCUT2D eigenvalue weighted by atomic mass is 10.1. The Hall–Kier alpha value is -1.38. The molecule has 88 valence electrons. The van der Waals surface area contributed by atoms with E-state index < -0.39 is 12.2 Å². The standard InChI is InChI=1S/C11H17N3O2/c1-11(2,3)14-7-8(6-13-14)10(16)9(15)4-5-12/h6-7,9-10,15-16H,4H2,1-3H3. The maximum absolute atomic E-state index is 9.74. The van der Waals surface area contributed by atoms with Crippen LogP contribution in [0, 0.1) is 11.3 Å². The molecule has 1 aromatic rings. The zero-order valence-electron chi connectivity index (χ0n) is 9.75. The Morgan fingerprint density at radius 2 is 2.12 bits per heavy atom. The lowest BCUT2D eigenvalue weighted by Gasteiger charge is -2.19. The molecule has 2 N–H and O–H groups in total. The minimum absolute atomic E-state index is 0.0954. The molecule has 0 spiro atoms. The van der Waals surface area contributed by atoms with Crippen LogP contribution in [-0.2, 0) is 5.54 Å². The third-order valence-corrected chi connectivity index (χ3v) is 2.30. The van der Waals surface area contributed by atoms with Gasteiger partial charge in [0.15, 0.2) is 0 Å². The minimum atomic E-state index is -1.07. The van der Waals surface area contributed by atoms with Crippen LogP contribution in [0.3, 0.4) is 0 Å². The molecule has 0 aromatic carbocycles. The summed E-state index contributed by atoms with van der Waals surface area (Å²) in [5, 5.41) is 31.8. The van der Waals surface area contributed by atoms with Crippen LogP contribution in [-0.4, -0.2) is 26.1 Å². The molecule has 1 rings (SSSR count). The van der Waals surface area contributed by atoms with Crippen molar-refractivity contribution >= 4 is 0 Å². The van der Waals surface area contributed by atoms with E-state index in [2.05, 4.69) is 5.10 Å². The van der Waals surface area contributed by atoms with Crippen LogP contribution in [0.15, 0.2) is 12.4 Å². The second-order valence-corrected chi connectivity index (χ2v) is 4.76. The Bertz CT molecular complexity index is 387. The summed E-state index contributed by atoms with van der Waals surface area (Å²) in [4.78, 5) is 0. The van der Waals surface area contributed by atoms with Gasteiger partial charge in [0.2, 0.25) is 0 Å². The topological polar surface area (TPSA) is 82.1 Å². The highest BCUT2D eigenvalue weighted by Crippen LogP contribution is 2.21. The van der Waals surface area contributed by atoms with Crippen LogP contribution in [0.2, 0.25) is 0 Å². The van der Waals surface area contributed by atoms with Crippen molar-refractivity contribution < 1.29 is 10.2 Å². The average Bonchev–Trinajstić information content (AvgIpc) is 2.65. The predicted octanol–water partition coefficient (Wildman–Crippen LogP) is 0.946. The molecule has 1 aromatic heterocycles. The highest BCUT2D eigenvalue weighted by atomic mass is 16.3. The Kier molecular flexibility index (Phi) is 3.68. The monoisotopic (exact) mass is 223 g/mol. The Labute approximate surface area is 94.9 Å². The molecule has 5 heteroatoms. The van der Waals surface area contributed by atoms with Crippen molar-refractivity contribution in [3.05, 3.63) is 18.0 Å². The van der Waals surface area contributed by atoms with Crippen LogP contribution in [0.25, 0.3) is 0 Å². The fraction of sp³-hybridized carbons (Fsp3) is 0.636. The smallest absolute Gasteiger partial charge is 0.109 e. The fourth-order valence-corrected chi connectivity index (χ4v) is 1.28. The van der Waals surface area contributed by atoms with Crippen LogP contribution in [0.1, 0.15) is 38.9 Å². The molecule has 5 nitrogen and oxygen atoms in total. The van der Waals surface area contributed by atoms with Crippen molar-refractivity contribution in [2.75, 3.05) is 0 Å². The molecule has 2 unspecified atom stereocenters. The number of aliphatic hydroxyl groups excluding tert-OH is 2. The number of hydrogen-bond acceptors (Lipinski definition) is 4. The molecular formula is C11H17N3O2. The third-order valence-electron chi connectivity index (χ3n) is 2.30. The van der Waals surface area contributed by atoms with Gasteiger partial charge in [-0.25, -0.2) is 0 Å². The molecule has 0 radical (unpaired) electrons. The first-order valence-corrected chi connectivity index (χ1v) is 5.14. The molecule has 0 amide bonds. The number of rotatable bonds is 3. The zero-order chi connectivity index (χ0) is 12.3. The minimum Gasteiger partial charge on any atom is -0.389 e. The Morgan fingerprint density at radius 1 is 1.50 bits per heavy atom. The second kappa shape index (κ2) is 4.64. The number of nitrogens with zero attached hydrogens (tertiary/aromatic N) is 3. The molecule has 1 heterocycles. The quantitative estimate of drug-likeness (QED) is 0.799. The van der Waals surface area contributed by atoms with Crippen molar-refractivity contribution in [1.29, 1.82) is 5.26 Å². The van der Waals surface area contributed by atoms with Crippen LogP contribution in [0.5, 0.6) is 0 Å². The number of nitriles is 1. The van der Waals surface area contributed by atoms with Gasteiger partial charge < -0.3 is 10.2 Å². The van der Waals surface area contributed by atoms with Gasteiger partial charge in [-0.05, 0) is 20.8 Å². The van der Waals surface area contributed by atoms with Gasteiger partial charge >= 0.3 is 0 Å². The summed E-state index contributed by atoms with van der Waals surface area (Å²) in [6.45, 7) is 5.96. The van der Waals surface area contributed by atoms with Gasteiger partial charge in [-0.2, -0.15) is 10.4 Å². The van der Waals surface area contributed by atoms with Crippen LogP contribution < -0.4 is 0 Å². The van der Waals surface area contributed by atoms with Crippen molar-refractivity contribution in [2.24, 2.45) is 0 Å². The van der Waals surface area contributed by atoms with E-state index in [4.69, 9.17) is 5.26 Å². The van der Waals surface area contributed by atoms with E-state index in [0.29, 0.717) is 5.56 Å². The summed E-state index contributed by atoms with van der Waals surface area (Å²) < 4.78 is 1.71. The van der Waals surface area contributed by atoms with Gasteiger partial charge in [0, 0.05) is 11.8 Å². The maximum Gasteiger partial charge on any atom is 0.109 e. The van der Waals surface area contributed by atoms with Crippen molar-refractivity contribution in [1.82, 2.24) is 9.78 Å². The normalized spacial score (nSPS) is 15.5. The first-order valence-electron chi connectivity index (χ1n) is 5.14. The maximum atomic E-state index is 9.74. The number of aromatic nitrogens is 2. The summed E-state index contributed by atoms with van der Waals surface area (Å²) >= 11 is 0. The van der Waals surface area contributed by atoms with E-state index in [9.17, 15) is 10.2 Å². The predicted molar refractivity (Wildman–Crippen MR) is 58.4 cm³/mol. The van der Waals surface area contributed by atoms with E-state index >= 15 is 0 Å². The van der Waals surface area contributed by atoms with Crippen LogP contribution >= 0.6 is 0 Å². The first kappa shape index (κ1) is 12.7. The van der Waals surface area contributed by atoms with E-state index in [1.54, 1.807) is 10.9 Å². The Morgan fingerprint density at radius 3 is 2.56 bits per heavy atom. The lowest BCUT2D eigenvalue weighted by Crippen LogP contribution is -2.22.